The molecule has 1 saturated carbocycles. The third-order valence-corrected chi connectivity index (χ3v) is 4.91. The fourth-order valence-corrected chi connectivity index (χ4v) is 3.40. The van der Waals surface area contributed by atoms with Gasteiger partial charge in [-0.25, -0.2) is 4.39 Å². The number of halogens is 2. The third-order valence-electron chi connectivity index (χ3n) is 4.62. The van der Waals surface area contributed by atoms with Gasteiger partial charge < -0.3 is 9.97 Å². The number of rotatable bonds is 1. The molecule has 2 heterocycles. The Bertz CT molecular complexity index is 1020. The molecule has 4 heteroatoms. The van der Waals surface area contributed by atoms with Crippen molar-refractivity contribution in [2.75, 3.05) is 0 Å². The lowest BCUT2D eigenvalue weighted by molar-refractivity contribution is 0.630. The van der Waals surface area contributed by atoms with Gasteiger partial charge in [0.2, 0.25) is 0 Å². The van der Waals surface area contributed by atoms with Crippen LogP contribution in [0.15, 0.2) is 42.5 Å². The van der Waals surface area contributed by atoms with Gasteiger partial charge in [-0.15, -0.1) is 0 Å². The summed E-state index contributed by atoms with van der Waals surface area (Å²) in [6.07, 6.45) is 2.77. The number of aryl methyl sites for hydroxylation is 2. The van der Waals surface area contributed by atoms with Crippen LogP contribution in [-0.4, -0.2) is 9.97 Å². The van der Waals surface area contributed by atoms with E-state index in [9.17, 15) is 4.39 Å². The zero-order valence-corrected chi connectivity index (χ0v) is 17.0. The summed E-state index contributed by atoms with van der Waals surface area (Å²) in [5, 5.41) is 2.38. The highest BCUT2D eigenvalue weighted by Crippen LogP contribution is 2.40. The van der Waals surface area contributed by atoms with Crippen LogP contribution in [0.5, 0.6) is 0 Å². The maximum Gasteiger partial charge on any atom is 0.142 e. The summed E-state index contributed by atoms with van der Waals surface area (Å²) in [5.74, 6) is 0.489. The smallest absolute Gasteiger partial charge is 0.142 e. The molecule has 2 nitrogen and oxygen atoms in total. The molecule has 0 amide bonds. The molecule has 1 fully saturated rings. The van der Waals surface area contributed by atoms with Gasteiger partial charge in [0.15, 0.2) is 0 Å². The van der Waals surface area contributed by atoms with Gasteiger partial charge in [0.25, 0.3) is 0 Å². The van der Waals surface area contributed by atoms with Crippen molar-refractivity contribution in [3.05, 3.63) is 70.3 Å². The minimum atomic E-state index is -0.372. The SMILES string of the molecule is CC.Cc1cc2cc(C3CC3)ccc2[nH]1.Cc1cc2cc(F)c(Cl)cc2[nH]1. The minimum absolute atomic E-state index is 0.157. The maximum atomic E-state index is 12.9. The predicted molar refractivity (Wildman–Crippen MR) is 114 cm³/mol. The number of benzene rings is 2. The largest absolute Gasteiger partial charge is 0.359 e. The lowest BCUT2D eigenvalue weighted by Crippen LogP contribution is -1.77. The molecule has 1 aliphatic carbocycles. The van der Waals surface area contributed by atoms with E-state index in [1.54, 1.807) is 6.07 Å². The van der Waals surface area contributed by atoms with E-state index < -0.39 is 0 Å². The van der Waals surface area contributed by atoms with E-state index in [2.05, 4.69) is 41.2 Å². The molecule has 0 saturated heterocycles. The number of aromatic amines is 2. The first kappa shape index (κ1) is 19.5. The summed E-state index contributed by atoms with van der Waals surface area (Å²) in [6, 6.07) is 13.9. The first-order chi connectivity index (χ1) is 13.0. The fraction of sp³-hybridized carbons (Fsp3) is 0.304. The molecular weight excluding hydrogens is 359 g/mol. The van der Waals surface area contributed by atoms with Crippen LogP contribution in [0.2, 0.25) is 5.02 Å². The van der Waals surface area contributed by atoms with Gasteiger partial charge in [0.05, 0.1) is 5.02 Å². The Hall–Kier alpha value is -2.26. The van der Waals surface area contributed by atoms with Gasteiger partial charge in [0.1, 0.15) is 5.82 Å². The van der Waals surface area contributed by atoms with Crippen LogP contribution < -0.4 is 0 Å². The van der Waals surface area contributed by atoms with Gasteiger partial charge in [-0.2, -0.15) is 0 Å². The second-order valence-electron chi connectivity index (χ2n) is 6.88. The van der Waals surface area contributed by atoms with Crippen LogP contribution in [0.3, 0.4) is 0 Å². The molecule has 5 rings (SSSR count). The number of aromatic nitrogens is 2. The summed E-state index contributed by atoms with van der Waals surface area (Å²) in [4.78, 5) is 6.42. The van der Waals surface area contributed by atoms with E-state index in [0.29, 0.717) is 0 Å². The molecule has 0 bridgehead atoms. The summed E-state index contributed by atoms with van der Waals surface area (Å²) < 4.78 is 12.9. The predicted octanol–water partition coefficient (Wildman–Crippen LogP) is 7.65. The number of hydrogen-bond donors (Lipinski definition) is 2. The molecule has 0 radical (unpaired) electrons. The van der Waals surface area contributed by atoms with E-state index >= 15 is 0 Å². The average molecular weight is 385 g/mol. The molecule has 0 atom stereocenters. The Kier molecular flexibility index (Phi) is 5.91. The lowest BCUT2D eigenvalue weighted by atomic mass is 10.1. The lowest BCUT2D eigenvalue weighted by Gasteiger charge is -1.96. The van der Waals surface area contributed by atoms with Gasteiger partial charge >= 0.3 is 0 Å². The van der Waals surface area contributed by atoms with Gasteiger partial charge in [0, 0.05) is 27.8 Å². The quantitative estimate of drug-likeness (QED) is 0.337. The van der Waals surface area contributed by atoms with Gasteiger partial charge in [-0.05, 0) is 80.0 Å². The van der Waals surface area contributed by atoms with Crippen LogP contribution in [0.1, 0.15) is 49.6 Å². The minimum Gasteiger partial charge on any atom is -0.359 e. The molecule has 1 aliphatic rings. The molecule has 4 aromatic rings. The van der Waals surface area contributed by atoms with Crippen molar-refractivity contribution in [1.82, 2.24) is 9.97 Å². The Balaban J connectivity index is 0.000000143. The van der Waals surface area contributed by atoms with Crippen LogP contribution in [-0.2, 0) is 0 Å². The Morgan fingerprint density at radius 2 is 1.44 bits per heavy atom. The number of fused-ring (bicyclic) bond motifs is 2. The van der Waals surface area contributed by atoms with Crippen LogP contribution >= 0.6 is 11.6 Å². The molecule has 0 aliphatic heterocycles. The van der Waals surface area contributed by atoms with Crippen LogP contribution in [0.4, 0.5) is 4.39 Å². The van der Waals surface area contributed by atoms with Gasteiger partial charge in [-0.1, -0.05) is 31.5 Å². The first-order valence-electron chi connectivity index (χ1n) is 9.53. The van der Waals surface area contributed by atoms with Crippen molar-refractivity contribution in [2.45, 2.75) is 46.5 Å². The molecule has 0 unspecified atom stereocenters. The number of hydrogen-bond acceptors (Lipinski definition) is 0. The number of H-pyrrole nitrogens is 2. The summed E-state index contributed by atoms with van der Waals surface area (Å²) in [7, 11) is 0. The van der Waals surface area contributed by atoms with Crippen molar-refractivity contribution < 1.29 is 4.39 Å². The third kappa shape index (κ3) is 4.54. The van der Waals surface area contributed by atoms with Gasteiger partial charge in [-0.3, -0.25) is 0 Å². The van der Waals surface area contributed by atoms with Crippen molar-refractivity contribution >= 4 is 33.4 Å². The van der Waals surface area contributed by atoms with Crippen molar-refractivity contribution in [3.8, 4) is 0 Å². The Labute approximate surface area is 164 Å². The molecule has 2 aromatic heterocycles. The monoisotopic (exact) mass is 384 g/mol. The maximum absolute atomic E-state index is 12.9. The molecule has 142 valence electrons. The molecule has 0 spiro atoms. The van der Waals surface area contributed by atoms with Crippen LogP contribution in [0, 0.1) is 19.7 Å². The fourth-order valence-electron chi connectivity index (χ4n) is 3.24. The summed E-state index contributed by atoms with van der Waals surface area (Å²) in [6.45, 7) is 8.03. The Morgan fingerprint density at radius 3 is 2.07 bits per heavy atom. The average Bonchev–Trinajstić information content (AvgIpc) is 3.34. The normalized spacial score (nSPS) is 13.1. The Morgan fingerprint density at radius 1 is 0.852 bits per heavy atom. The van der Waals surface area contributed by atoms with Crippen molar-refractivity contribution in [1.29, 1.82) is 0 Å². The van der Waals surface area contributed by atoms with E-state index in [1.807, 2.05) is 26.8 Å². The highest BCUT2D eigenvalue weighted by atomic mass is 35.5. The van der Waals surface area contributed by atoms with E-state index in [0.717, 1.165) is 22.5 Å². The molecule has 27 heavy (non-hydrogen) atoms. The molecule has 2 N–H and O–H groups in total. The van der Waals surface area contributed by atoms with Crippen molar-refractivity contribution in [3.63, 3.8) is 0 Å². The molecule has 2 aromatic carbocycles. The summed E-state index contributed by atoms with van der Waals surface area (Å²) in [5.41, 5.74) is 5.92. The second kappa shape index (κ2) is 8.18. The topological polar surface area (TPSA) is 31.6 Å². The van der Waals surface area contributed by atoms with Crippen LogP contribution in [0.25, 0.3) is 21.8 Å². The highest BCUT2D eigenvalue weighted by Gasteiger charge is 2.23. The van der Waals surface area contributed by atoms with E-state index in [4.69, 9.17) is 11.6 Å². The van der Waals surface area contributed by atoms with E-state index in [1.165, 1.54) is 41.1 Å². The summed E-state index contributed by atoms with van der Waals surface area (Å²) >= 11 is 5.60. The second-order valence-corrected chi connectivity index (χ2v) is 7.29. The highest BCUT2D eigenvalue weighted by molar-refractivity contribution is 6.31. The molecular formula is C23H26ClFN2. The zero-order chi connectivity index (χ0) is 19.6. The standard InChI is InChI=1S/C12H13N.C9H7ClFN.C2H6/c1-8-6-11-7-10(9-2-3-9)4-5-12(11)13-8;1-5-2-6-3-8(11)7(10)4-9(6)12-5;1-2/h4-7,9,13H,2-3H2,1H3;2-4,12H,1H3;1-2H3. The van der Waals surface area contributed by atoms with Crippen molar-refractivity contribution in [2.24, 2.45) is 0 Å². The zero-order valence-electron chi connectivity index (χ0n) is 16.3. The first-order valence-corrected chi connectivity index (χ1v) is 9.91. The number of nitrogens with one attached hydrogen (secondary N) is 2. The van der Waals surface area contributed by atoms with E-state index in [-0.39, 0.29) is 10.8 Å².